The van der Waals surface area contributed by atoms with Gasteiger partial charge in [0.2, 0.25) is 10.0 Å². The molecule has 0 unspecified atom stereocenters. The van der Waals surface area contributed by atoms with Crippen LogP contribution in [0, 0.1) is 0 Å². The van der Waals surface area contributed by atoms with Crippen molar-refractivity contribution in [1.29, 1.82) is 0 Å². The molecule has 0 aliphatic heterocycles. The van der Waals surface area contributed by atoms with E-state index in [1.807, 2.05) is 0 Å². The van der Waals surface area contributed by atoms with Gasteiger partial charge in [0.15, 0.2) is 17.3 Å². The maximum Gasteiger partial charge on any atom is 0.434 e. The molecule has 0 spiro atoms. The lowest BCUT2D eigenvalue weighted by Gasteiger charge is -2.08. The molecule has 3 aromatic rings. The minimum absolute atomic E-state index is 0.0248. The van der Waals surface area contributed by atoms with Gasteiger partial charge >= 0.3 is 6.18 Å². The Kier molecular flexibility index (Phi) is 3.92. The molecule has 25 heavy (non-hydrogen) atoms. The van der Waals surface area contributed by atoms with Crippen LogP contribution < -0.4 is 5.14 Å². The summed E-state index contributed by atoms with van der Waals surface area (Å²) in [4.78, 5) is 7.52. The second-order valence-corrected chi connectivity index (χ2v) is 6.78. The number of rotatable bonds is 3. The van der Waals surface area contributed by atoms with Crippen molar-refractivity contribution in [2.45, 2.75) is 11.1 Å². The fourth-order valence-electron chi connectivity index (χ4n) is 2.25. The number of hydrogen-bond acceptors (Lipinski definition) is 4. The van der Waals surface area contributed by atoms with Gasteiger partial charge in [0.25, 0.3) is 0 Å². The predicted molar refractivity (Wildman–Crippen MR) is 82.1 cm³/mol. The molecule has 0 amide bonds. The molecule has 132 valence electrons. The van der Waals surface area contributed by atoms with Crippen LogP contribution >= 0.6 is 0 Å². The molecule has 1 aromatic carbocycles. The van der Waals surface area contributed by atoms with E-state index in [2.05, 4.69) is 9.97 Å². The van der Waals surface area contributed by atoms with Crippen LogP contribution in [0.3, 0.4) is 0 Å². The number of imidazole rings is 2. The third-order valence-corrected chi connectivity index (χ3v) is 4.39. The lowest BCUT2D eigenvalue weighted by Crippen LogP contribution is -2.12. The summed E-state index contributed by atoms with van der Waals surface area (Å²) in [7, 11) is -2.28. The highest BCUT2D eigenvalue weighted by Crippen LogP contribution is 2.32. The Labute approximate surface area is 140 Å². The quantitative estimate of drug-likeness (QED) is 0.761. The highest BCUT2D eigenvalue weighted by Gasteiger charge is 2.35. The van der Waals surface area contributed by atoms with Gasteiger partial charge in [0.05, 0.1) is 4.90 Å². The number of aryl methyl sites for hydroxylation is 1. The van der Waals surface area contributed by atoms with Gasteiger partial charge in [-0.2, -0.15) is 13.2 Å². The maximum atomic E-state index is 13.1. The van der Waals surface area contributed by atoms with Gasteiger partial charge < -0.3 is 4.57 Å². The highest BCUT2D eigenvalue weighted by molar-refractivity contribution is 7.89. The number of aromatic nitrogens is 4. The molecular formula is C14H12F3N5O2S. The predicted octanol–water partition coefficient (Wildman–Crippen LogP) is 1.94. The molecule has 11 heteroatoms. The van der Waals surface area contributed by atoms with Crippen molar-refractivity contribution in [3.05, 3.63) is 48.5 Å². The van der Waals surface area contributed by atoms with Crippen LogP contribution in [-0.2, 0) is 23.2 Å². The normalized spacial score (nSPS) is 12.5. The van der Waals surface area contributed by atoms with Crippen LogP contribution in [0.5, 0.6) is 0 Å². The second kappa shape index (κ2) is 5.70. The third kappa shape index (κ3) is 3.28. The van der Waals surface area contributed by atoms with Crippen molar-refractivity contribution in [2.24, 2.45) is 12.2 Å². The van der Waals surface area contributed by atoms with Crippen LogP contribution in [-0.4, -0.2) is 27.5 Å². The van der Waals surface area contributed by atoms with Gasteiger partial charge in [-0.15, -0.1) is 0 Å². The van der Waals surface area contributed by atoms with Crippen molar-refractivity contribution in [3.8, 4) is 17.3 Å². The molecule has 2 N–H and O–H groups in total. The molecule has 0 saturated heterocycles. The van der Waals surface area contributed by atoms with Crippen molar-refractivity contribution in [2.75, 3.05) is 0 Å². The standard InChI is InChI=1S/C14H12F3N5O2S/c1-21-7-6-19-12(21)13-20-11(14(15,16)17)8-22(13)9-2-4-10(5-3-9)25(18,23)24/h2-8H,1H3,(H2,18,23,24). The molecule has 0 saturated carbocycles. The smallest absolute Gasteiger partial charge is 0.331 e. The molecule has 0 bridgehead atoms. The average molecular weight is 371 g/mol. The zero-order valence-corrected chi connectivity index (χ0v) is 13.6. The Morgan fingerprint density at radius 1 is 1.12 bits per heavy atom. The first kappa shape index (κ1) is 17.2. The molecular weight excluding hydrogens is 359 g/mol. The third-order valence-electron chi connectivity index (χ3n) is 3.46. The number of primary sulfonamides is 1. The average Bonchev–Trinajstić information content (AvgIpc) is 3.11. The lowest BCUT2D eigenvalue weighted by atomic mass is 10.3. The Morgan fingerprint density at radius 2 is 1.76 bits per heavy atom. The van der Waals surface area contributed by atoms with Crippen LogP contribution in [0.4, 0.5) is 13.2 Å². The lowest BCUT2D eigenvalue weighted by molar-refractivity contribution is -0.140. The van der Waals surface area contributed by atoms with Gasteiger partial charge in [0.1, 0.15) is 0 Å². The number of nitrogens with two attached hydrogens (primary N) is 1. The number of hydrogen-bond donors (Lipinski definition) is 1. The van der Waals surface area contributed by atoms with Gasteiger partial charge in [0, 0.05) is 31.3 Å². The first-order valence-electron chi connectivity index (χ1n) is 6.85. The summed E-state index contributed by atoms with van der Waals surface area (Å²) in [5.74, 6) is 0.203. The first-order chi connectivity index (χ1) is 11.6. The molecule has 7 nitrogen and oxygen atoms in total. The zero-order chi connectivity index (χ0) is 18.4. The molecule has 0 atom stereocenters. The van der Waals surface area contributed by atoms with E-state index in [1.54, 1.807) is 13.2 Å². The number of halogens is 3. The number of benzene rings is 1. The van der Waals surface area contributed by atoms with Gasteiger partial charge in [-0.1, -0.05) is 0 Å². The van der Waals surface area contributed by atoms with Crippen molar-refractivity contribution < 1.29 is 21.6 Å². The SMILES string of the molecule is Cn1ccnc1-c1nc(C(F)(F)F)cn1-c1ccc(S(N)(=O)=O)cc1. The number of alkyl halides is 3. The molecule has 0 fully saturated rings. The van der Waals surface area contributed by atoms with E-state index in [0.717, 1.165) is 6.20 Å². The van der Waals surface area contributed by atoms with E-state index >= 15 is 0 Å². The zero-order valence-electron chi connectivity index (χ0n) is 12.8. The molecule has 2 heterocycles. The monoisotopic (exact) mass is 371 g/mol. The van der Waals surface area contributed by atoms with Crippen LogP contribution in [0.1, 0.15) is 5.69 Å². The first-order valence-corrected chi connectivity index (χ1v) is 8.39. The summed E-state index contributed by atoms with van der Waals surface area (Å²) in [6, 6.07) is 5.10. The van der Waals surface area contributed by atoms with E-state index in [4.69, 9.17) is 5.14 Å². The van der Waals surface area contributed by atoms with Gasteiger partial charge in [-0.05, 0) is 24.3 Å². The van der Waals surface area contributed by atoms with E-state index < -0.39 is 21.9 Å². The Balaban J connectivity index is 2.18. The molecule has 2 aromatic heterocycles. The summed E-state index contributed by atoms with van der Waals surface area (Å²) in [6.45, 7) is 0. The number of nitrogens with zero attached hydrogens (tertiary/aromatic N) is 4. The summed E-state index contributed by atoms with van der Waals surface area (Å²) >= 11 is 0. The Bertz CT molecular complexity index is 1020. The Hall–Kier alpha value is -2.66. The minimum atomic E-state index is -4.63. The summed E-state index contributed by atoms with van der Waals surface area (Å²) < 4.78 is 64.5. The van der Waals surface area contributed by atoms with Crippen molar-refractivity contribution in [3.63, 3.8) is 0 Å². The van der Waals surface area contributed by atoms with Gasteiger partial charge in [-0.25, -0.2) is 23.5 Å². The van der Waals surface area contributed by atoms with Gasteiger partial charge in [-0.3, -0.25) is 4.57 Å². The fourth-order valence-corrected chi connectivity index (χ4v) is 2.76. The fraction of sp³-hybridized carbons (Fsp3) is 0.143. The summed E-state index contributed by atoms with van der Waals surface area (Å²) in [5, 5.41) is 5.02. The van der Waals surface area contributed by atoms with E-state index in [-0.39, 0.29) is 22.2 Å². The van der Waals surface area contributed by atoms with E-state index in [1.165, 1.54) is 39.6 Å². The summed E-state index contributed by atoms with van der Waals surface area (Å²) in [5.41, 5.74) is -0.797. The highest BCUT2D eigenvalue weighted by atomic mass is 32.2. The molecule has 0 radical (unpaired) electrons. The summed E-state index contributed by atoms with van der Waals surface area (Å²) in [6.07, 6.45) is -0.793. The van der Waals surface area contributed by atoms with Crippen LogP contribution in [0.2, 0.25) is 0 Å². The topological polar surface area (TPSA) is 95.8 Å². The largest absolute Gasteiger partial charge is 0.434 e. The van der Waals surface area contributed by atoms with Crippen molar-refractivity contribution in [1.82, 2.24) is 19.1 Å². The van der Waals surface area contributed by atoms with Crippen LogP contribution in [0.25, 0.3) is 17.3 Å². The minimum Gasteiger partial charge on any atom is -0.331 e. The molecule has 0 aliphatic carbocycles. The molecule has 0 aliphatic rings. The van der Waals surface area contributed by atoms with E-state index in [0.29, 0.717) is 0 Å². The van der Waals surface area contributed by atoms with E-state index in [9.17, 15) is 21.6 Å². The second-order valence-electron chi connectivity index (χ2n) is 5.22. The maximum absolute atomic E-state index is 13.1. The number of sulfonamides is 1. The van der Waals surface area contributed by atoms with Crippen LogP contribution in [0.15, 0.2) is 47.8 Å². The Morgan fingerprint density at radius 3 is 2.24 bits per heavy atom. The van der Waals surface area contributed by atoms with Crippen molar-refractivity contribution >= 4 is 10.0 Å². The molecule has 3 rings (SSSR count).